The Labute approximate surface area is 164 Å². The zero-order valence-corrected chi connectivity index (χ0v) is 17.0. The number of carbonyl (C=O) groups is 1. The summed E-state index contributed by atoms with van der Waals surface area (Å²) in [6, 6.07) is 5.63. The number of hydrogen-bond donors (Lipinski definition) is 1. The van der Waals surface area contributed by atoms with Crippen molar-refractivity contribution in [1.82, 2.24) is 15.2 Å². The predicted molar refractivity (Wildman–Crippen MR) is 108 cm³/mol. The lowest BCUT2D eigenvalue weighted by Gasteiger charge is -2.20. The Hall–Kier alpha value is -2.12. The number of likely N-dealkylation sites (tertiary alicyclic amines) is 1. The molecule has 146 valence electrons. The van der Waals surface area contributed by atoms with E-state index in [-0.39, 0.29) is 5.91 Å². The van der Waals surface area contributed by atoms with E-state index in [4.69, 9.17) is 9.47 Å². The lowest BCUT2D eigenvalue weighted by atomic mass is 10.1. The van der Waals surface area contributed by atoms with Gasteiger partial charge in [0.15, 0.2) is 11.5 Å². The van der Waals surface area contributed by atoms with Gasteiger partial charge in [0.1, 0.15) is 10.7 Å². The van der Waals surface area contributed by atoms with E-state index < -0.39 is 0 Å². The Bertz CT molecular complexity index is 772. The van der Waals surface area contributed by atoms with Crippen LogP contribution in [0.4, 0.5) is 0 Å². The summed E-state index contributed by atoms with van der Waals surface area (Å²) >= 11 is 1.45. The molecule has 1 N–H and O–H groups in total. The summed E-state index contributed by atoms with van der Waals surface area (Å²) < 4.78 is 10.6. The molecule has 0 saturated carbocycles. The molecule has 2 aromatic rings. The molecule has 0 bridgehead atoms. The van der Waals surface area contributed by atoms with Gasteiger partial charge in [-0.05, 0) is 50.0 Å². The van der Waals surface area contributed by atoms with Crippen molar-refractivity contribution in [2.45, 2.75) is 19.8 Å². The van der Waals surface area contributed by atoms with Crippen LogP contribution >= 0.6 is 11.3 Å². The first-order valence-electron chi connectivity index (χ1n) is 9.29. The molecule has 1 fully saturated rings. The molecule has 7 heteroatoms. The molecular weight excluding hydrogens is 362 g/mol. The highest BCUT2D eigenvalue weighted by Gasteiger charge is 2.17. The summed E-state index contributed by atoms with van der Waals surface area (Å²) in [6.07, 6.45) is 2.58. The Morgan fingerprint density at radius 3 is 2.70 bits per heavy atom. The number of methoxy groups -OCH3 is 2. The molecule has 1 saturated heterocycles. The highest BCUT2D eigenvalue weighted by molar-refractivity contribution is 7.13. The molecule has 1 amide bonds. The van der Waals surface area contributed by atoms with Crippen molar-refractivity contribution in [3.8, 4) is 22.1 Å². The van der Waals surface area contributed by atoms with Crippen LogP contribution in [0.1, 0.15) is 30.3 Å². The summed E-state index contributed by atoms with van der Waals surface area (Å²) in [5.74, 6) is 1.62. The van der Waals surface area contributed by atoms with Crippen molar-refractivity contribution in [3.63, 3.8) is 0 Å². The summed E-state index contributed by atoms with van der Waals surface area (Å²) in [5.41, 5.74) is 1.36. The van der Waals surface area contributed by atoms with E-state index in [1.165, 1.54) is 37.3 Å². The van der Waals surface area contributed by atoms with Gasteiger partial charge in [0.2, 0.25) is 0 Å². The second kappa shape index (κ2) is 9.19. The number of benzene rings is 1. The first kappa shape index (κ1) is 19.6. The third-order valence-corrected chi connectivity index (χ3v) is 5.64. The van der Waals surface area contributed by atoms with E-state index in [1.807, 2.05) is 18.2 Å². The van der Waals surface area contributed by atoms with Crippen LogP contribution in [-0.2, 0) is 0 Å². The van der Waals surface area contributed by atoms with Crippen LogP contribution in [0.5, 0.6) is 11.5 Å². The Balaban J connectivity index is 1.58. The minimum absolute atomic E-state index is 0.119. The zero-order chi connectivity index (χ0) is 19.2. The number of hydrogen-bond acceptors (Lipinski definition) is 6. The minimum Gasteiger partial charge on any atom is -0.493 e. The highest BCUT2D eigenvalue weighted by atomic mass is 32.1. The van der Waals surface area contributed by atoms with Crippen molar-refractivity contribution in [2.75, 3.05) is 40.4 Å². The second-order valence-corrected chi connectivity index (χ2v) is 7.79. The maximum atomic E-state index is 12.4. The molecule has 0 radical (unpaired) electrons. The number of nitrogens with zero attached hydrogens (tertiary/aromatic N) is 2. The van der Waals surface area contributed by atoms with Crippen LogP contribution in [-0.4, -0.2) is 56.2 Å². The molecule has 3 rings (SSSR count). The van der Waals surface area contributed by atoms with Crippen LogP contribution in [0.3, 0.4) is 0 Å². The summed E-state index contributed by atoms with van der Waals surface area (Å²) in [7, 11) is 3.21. The van der Waals surface area contributed by atoms with Crippen molar-refractivity contribution < 1.29 is 14.3 Å². The lowest BCUT2D eigenvalue weighted by molar-refractivity contribution is 0.0941. The summed E-state index contributed by atoms with van der Waals surface area (Å²) in [6.45, 7) is 6.24. The van der Waals surface area contributed by atoms with Gasteiger partial charge >= 0.3 is 0 Å². The maximum absolute atomic E-state index is 12.4. The maximum Gasteiger partial charge on any atom is 0.270 e. The number of ether oxygens (including phenoxy) is 2. The number of nitrogens with one attached hydrogen (secondary N) is 1. The third kappa shape index (κ3) is 4.99. The number of amides is 1. The van der Waals surface area contributed by atoms with Gasteiger partial charge in [-0.15, -0.1) is 11.3 Å². The van der Waals surface area contributed by atoms with Gasteiger partial charge in [0, 0.05) is 24.0 Å². The molecule has 1 atom stereocenters. The zero-order valence-electron chi connectivity index (χ0n) is 16.2. The third-order valence-electron chi connectivity index (χ3n) is 4.75. The quantitative estimate of drug-likeness (QED) is 0.751. The Morgan fingerprint density at radius 1 is 1.26 bits per heavy atom. The van der Waals surface area contributed by atoms with Crippen LogP contribution in [0.15, 0.2) is 23.6 Å². The second-order valence-electron chi connectivity index (χ2n) is 6.93. The first-order chi connectivity index (χ1) is 13.1. The van der Waals surface area contributed by atoms with Gasteiger partial charge in [-0.1, -0.05) is 6.92 Å². The van der Waals surface area contributed by atoms with Gasteiger partial charge in [-0.2, -0.15) is 0 Å². The van der Waals surface area contributed by atoms with Crippen molar-refractivity contribution in [2.24, 2.45) is 5.92 Å². The Kier molecular flexibility index (Phi) is 6.68. The highest BCUT2D eigenvalue weighted by Crippen LogP contribution is 2.33. The van der Waals surface area contributed by atoms with Crippen LogP contribution in [0, 0.1) is 5.92 Å². The molecule has 0 aliphatic carbocycles. The number of carbonyl (C=O) groups excluding carboxylic acids is 1. The van der Waals surface area contributed by atoms with E-state index in [0.717, 1.165) is 17.1 Å². The van der Waals surface area contributed by atoms with Gasteiger partial charge in [0.25, 0.3) is 5.91 Å². The fourth-order valence-electron chi connectivity index (χ4n) is 3.31. The molecule has 6 nitrogen and oxygen atoms in total. The molecule has 2 heterocycles. The van der Waals surface area contributed by atoms with Gasteiger partial charge in [-0.25, -0.2) is 4.98 Å². The van der Waals surface area contributed by atoms with Gasteiger partial charge in [-0.3, -0.25) is 4.79 Å². The Morgan fingerprint density at radius 2 is 2.00 bits per heavy atom. The van der Waals surface area contributed by atoms with Crippen LogP contribution < -0.4 is 14.8 Å². The van der Waals surface area contributed by atoms with E-state index >= 15 is 0 Å². The van der Waals surface area contributed by atoms with E-state index in [0.29, 0.717) is 29.7 Å². The fourth-order valence-corrected chi connectivity index (χ4v) is 4.10. The van der Waals surface area contributed by atoms with Crippen molar-refractivity contribution >= 4 is 17.2 Å². The average molecular weight is 390 g/mol. The topological polar surface area (TPSA) is 63.7 Å². The average Bonchev–Trinajstić information content (AvgIpc) is 3.37. The van der Waals surface area contributed by atoms with Gasteiger partial charge in [0.05, 0.1) is 14.2 Å². The van der Waals surface area contributed by atoms with E-state index in [9.17, 15) is 4.79 Å². The van der Waals surface area contributed by atoms with Gasteiger partial charge < -0.3 is 19.7 Å². The molecule has 1 aromatic heterocycles. The van der Waals surface area contributed by atoms with Crippen molar-refractivity contribution in [3.05, 3.63) is 29.3 Å². The first-order valence-corrected chi connectivity index (χ1v) is 10.2. The molecular formula is C20H27N3O3S. The fraction of sp³-hybridized carbons (Fsp3) is 0.500. The molecule has 0 unspecified atom stereocenters. The molecule has 1 aromatic carbocycles. The van der Waals surface area contributed by atoms with Crippen LogP contribution in [0.2, 0.25) is 0 Å². The van der Waals surface area contributed by atoms with E-state index in [2.05, 4.69) is 22.1 Å². The minimum atomic E-state index is -0.119. The normalized spacial score (nSPS) is 15.5. The lowest BCUT2D eigenvalue weighted by Crippen LogP contribution is -2.34. The van der Waals surface area contributed by atoms with Crippen molar-refractivity contribution in [1.29, 1.82) is 0 Å². The summed E-state index contributed by atoms with van der Waals surface area (Å²) in [5, 5.41) is 5.59. The summed E-state index contributed by atoms with van der Waals surface area (Å²) in [4.78, 5) is 19.4. The number of thiazole rings is 1. The molecule has 1 aliphatic heterocycles. The predicted octanol–water partition coefficient (Wildman–Crippen LogP) is 3.29. The molecule has 0 spiro atoms. The smallest absolute Gasteiger partial charge is 0.270 e. The largest absolute Gasteiger partial charge is 0.493 e. The number of rotatable bonds is 8. The molecule has 1 aliphatic rings. The number of aromatic nitrogens is 1. The SMILES string of the molecule is COc1ccc(-c2nc(C(=O)NC[C@H](C)CN3CCCC3)cs2)cc1OC. The monoisotopic (exact) mass is 389 g/mol. The van der Waals surface area contributed by atoms with E-state index in [1.54, 1.807) is 19.6 Å². The van der Waals surface area contributed by atoms with Crippen LogP contribution in [0.25, 0.3) is 10.6 Å². The molecule has 27 heavy (non-hydrogen) atoms. The standard InChI is InChI=1S/C20H27N3O3S/c1-14(12-23-8-4-5-9-23)11-21-19(24)16-13-27-20(22-16)15-6-7-17(25-2)18(10-15)26-3/h6-7,10,13-14H,4-5,8-9,11-12H2,1-3H3,(H,21,24)/t14-/m0/s1.